The molecule has 1 amide bonds. The van der Waals surface area contributed by atoms with Gasteiger partial charge in [0.25, 0.3) is 5.91 Å². The topological polar surface area (TPSA) is 85.4 Å². The van der Waals surface area contributed by atoms with Crippen molar-refractivity contribution in [3.8, 4) is 11.5 Å². The van der Waals surface area contributed by atoms with E-state index in [1.807, 2.05) is 55.5 Å². The standard InChI is InChI=1S/C21H22N4O3/c1-3-28-19-7-5-4-6-17(19)24-21-22-13-12-18(25-21)20(26)23-14-15-8-10-16(27-2)11-9-15/h4-13H,3,14H2,1-2H3,(H,23,26)(H,22,24,25). The molecule has 0 aliphatic heterocycles. The zero-order valence-electron chi connectivity index (χ0n) is 15.8. The molecule has 2 N–H and O–H groups in total. The highest BCUT2D eigenvalue weighted by atomic mass is 16.5. The second-order valence-corrected chi connectivity index (χ2v) is 5.85. The summed E-state index contributed by atoms with van der Waals surface area (Å²) in [7, 11) is 1.62. The van der Waals surface area contributed by atoms with Gasteiger partial charge in [0.2, 0.25) is 5.95 Å². The summed E-state index contributed by atoms with van der Waals surface area (Å²) < 4.78 is 10.7. The number of rotatable bonds is 8. The third kappa shape index (κ3) is 4.97. The van der Waals surface area contributed by atoms with Crippen molar-refractivity contribution in [2.45, 2.75) is 13.5 Å². The third-order valence-corrected chi connectivity index (χ3v) is 3.93. The average Bonchev–Trinajstić information content (AvgIpc) is 2.74. The molecule has 28 heavy (non-hydrogen) atoms. The Morgan fingerprint density at radius 3 is 2.61 bits per heavy atom. The van der Waals surface area contributed by atoms with Crippen LogP contribution in [0.1, 0.15) is 23.0 Å². The van der Waals surface area contributed by atoms with E-state index in [-0.39, 0.29) is 11.6 Å². The lowest BCUT2D eigenvalue weighted by atomic mass is 10.2. The van der Waals surface area contributed by atoms with Crippen molar-refractivity contribution < 1.29 is 14.3 Å². The van der Waals surface area contributed by atoms with E-state index in [2.05, 4.69) is 20.6 Å². The maximum atomic E-state index is 12.4. The predicted octanol–water partition coefficient (Wildman–Crippen LogP) is 3.56. The van der Waals surface area contributed by atoms with Gasteiger partial charge in [0.1, 0.15) is 17.2 Å². The zero-order chi connectivity index (χ0) is 19.8. The van der Waals surface area contributed by atoms with Crippen LogP contribution in [-0.2, 0) is 6.54 Å². The van der Waals surface area contributed by atoms with E-state index in [0.717, 1.165) is 17.0 Å². The van der Waals surface area contributed by atoms with Crippen LogP contribution < -0.4 is 20.1 Å². The normalized spacial score (nSPS) is 10.2. The van der Waals surface area contributed by atoms with Crippen LogP contribution in [-0.4, -0.2) is 29.6 Å². The fourth-order valence-electron chi connectivity index (χ4n) is 2.53. The first kappa shape index (κ1) is 19.2. The number of benzene rings is 2. The SMILES string of the molecule is CCOc1ccccc1Nc1nccc(C(=O)NCc2ccc(OC)cc2)n1. The highest BCUT2D eigenvalue weighted by Crippen LogP contribution is 2.25. The summed E-state index contributed by atoms with van der Waals surface area (Å²) in [5, 5.41) is 5.95. The number of anilines is 2. The Morgan fingerprint density at radius 2 is 1.86 bits per heavy atom. The van der Waals surface area contributed by atoms with Gasteiger partial charge >= 0.3 is 0 Å². The molecule has 1 heterocycles. The molecule has 0 aliphatic rings. The second kappa shape index (κ2) is 9.36. The molecule has 0 atom stereocenters. The monoisotopic (exact) mass is 378 g/mol. The van der Waals surface area contributed by atoms with Gasteiger partial charge in [-0.05, 0) is 42.8 Å². The van der Waals surface area contributed by atoms with Crippen LogP contribution in [0.5, 0.6) is 11.5 Å². The van der Waals surface area contributed by atoms with Crippen LogP contribution in [0.4, 0.5) is 11.6 Å². The van der Waals surface area contributed by atoms with Crippen molar-refractivity contribution in [2.75, 3.05) is 19.0 Å². The molecule has 7 heteroatoms. The number of carbonyl (C=O) groups excluding carboxylic acids is 1. The summed E-state index contributed by atoms with van der Waals surface area (Å²) in [6.45, 7) is 2.86. The fourth-order valence-corrected chi connectivity index (χ4v) is 2.53. The number of nitrogens with one attached hydrogen (secondary N) is 2. The van der Waals surface area contributed by atoms with Gasteiger partial charge in [-0.2, -0.15) is 0 Å². The number of ether oxygens (including phenoxy) is 2. The molecule has 3 aromatic rings. The van der Waals surface area contributed by atoms with Gasteiger partial charge in [0.15, 0.2) is 0 Å². The van der Waals surface area contributed by atoms with E-state index < -0.39 is 0 Å². The largest absolute Gasteiger partial charge is 0.497 e. The zero-order valence-corrected chi connectivity index (χ0v) is 15.8. The number of hydrogen-bond acceptors (Lipinski definition) is 6. The molecule has 0 bridgehead atoms. The summed E-state index contributed by atoms with van der Waals surface area (Å²) >= 11 is 0. The quantitative estimate of drug-likeness (QED) is 0.623. The summed E-state index contributed by atoms with van der Waals surface area (Å²) in [6, 6.07) is 16.6. The van der Waals surface area contributed by atoms with Gasteiger partial charge in [-0.3, -0.25) is 4.79 Å². The molecule has 3 rings (SSSR count). The van der Waals surface area contributed by atoms with E-state index >= 15 is 0 Å². The van der Waals surface area contributed by atoms with Gasteiger partial charge in [0, 0.05) is 12.7 Å². The van der Waals surface area contributed by atoms with E-state index in [0.29, 0.717) is 24.8 Å². The van der Waals surface area contributed by atoms with E-state index in [9.17, 15) is 4.79 Å². The average molecular weight is 378 g/mol. The molecule has 1 aromatic heterocycles. The lowest BCUT2D eigenvalue weighted by Gasteiger charge is -2.11. The summed E-state index contributed by atoms with van der Waals surface area (Å²) in [5.74, 6) is 1.51. The van der Waals surface area contributed by atoms with Crippen molar-refractivity contribution in [2.24, 2.45) is 0 Å². The first-order valence-electron chi connectivity index (χ1n) is 8.92. The minimum Gasteiger partial charge on any atom is -0.497 e. The first-order chi connectivity index (χ1) is 13.7. The molecular weight excluding hydrogens is 356 g/mol. The van der Waals surface area contributed by atoms with Crippen molar-refractivity contribution in [1.82, 2.24) is 15.3 Å². The van der Waals surface area contributed by atoms with Gasteiger partial charge < -0.3 is 20.1 Å². The fraction of sp³-hybridized carbons (Fsp3) is 0.190. The van der Waals surface area contributed by atoms with Gasteiger partial charge in [0.05, 0.1) is 19.4 Å². The molecule has 0 radical (unpaired) electrons. The van der Waals surface area contributed by atoms with Crippen LogP contribution >= 0.6 is 0 Å². The molecule has 144 valence electrons. The molecule has 0 aliphatic carbocycles. The lowest BCUT2D eigenvalue weighted by molar-refractivity contribution is 0.0946. The Labute approximate surface area is 163 Å². The lowest BCUT2D eigenvalue weighted by Crippen LogP contribution is -2.24. The summed E-state index contributed by atoms with van der Waals surface area (Å²) in [4.78, 5) is 20.9. The molecular formula is C21H22N4O3. The maximum absolute atomic E-state index is 12.4. The van der Waals surface area contributed by atoms with Crippen molar-refractivity contribution >= 4 is 17.5 Å². The van der Waals surface area contributed by atoms with E-state index in [4.69, 9.17) is 9.47 Å². The van der Waals surface area contributed by atoms with Crippen molar-refractivity contribution in [3.63, 3.8) is 0 Å². The highest BCUT2D eigenvalue weighted by Gasteiger charge is 2.10. The van der Waals surface area contributed by atoms with Gasteiger partial charge in [-0.25, -0.2) is 9.97 Å². The number of carbonyl (C=O) groups is 1. The predicted molar refractivity (Wildman–Crippen MR) is 107 cm³/mol. The Bertz CT molecular complexity index is 929. The molecule has 0 saturated carbocycles. The van der Waals surface area contributed by atoms with Crippen molar-refractivity contribution in [1.29, 1.82) is 0 Å². The number of aromatic nitrogens is 2. The number of methoxy groups -OCH3 is 1. The van der Waals surface area contributed by atoms with Crippen LogP contribution in [0, 0.1) is 0 Å². The smallest absolute Gasteiger partial charge is 0.270 e. The van der Waals surface area contributed by atoms with E-state index in [1.165, 1.54) is 0 Å². The molecule has 2 aromatic carbocycles. The Hall–Kier alpha value is -3.61. The van der Waals surface area contributed by atoms with Crippen molar-refractivity contribution in [3.05, 3.63) is 72.1 Å². The number of nitrogens with zero attached hydrogens (tertiary/aromatic N) is 2. The number of hydrogen-bond donors (Lipinski definition) is 2. The van der Waals surface area contributed by atoms with Crippen LogP contribution in [0.25, 0.3) is 0 Å². The van der Waals surface area contributed by atoms with Crippen LogP contribution in [0.3, 0.4) is 0 Å². The summed E-state index contributed by atoms with van der Waals surface area (Å²) in [6.07, 6.45) is 1.54. The molecule has 7 nitrogen and oxygen atoms in total. The third-order valence-electron chi connectivity index (χ3n) is 3.93. The van der Waals surface area contributed by atoms with Crippen LogP contribution in [0.2, 0.25) is 0 Å². The second-order valence-electron chi connectivity index (χ2n) is 5.85. The Morgan fingerprint density at radius 1 is 1.07 bits per heavy atom. The minimum atomic E-state index is -0.278. The summed E-state index contributed by atoms with van der Waals surface area (Å²) in [5.41, 5.74) is 1.98. The van der Waals surface area contributed by atoms with Crippen LogP contribution in [0.15, 0.2) is 60.8 Å². The minimum absolute atomic E-state index is 0.278. The first-order valence-corrected chi connectivity index (χ1v) is 8.92. The van der Waals surface area contributed by atoms with E-state index in [1.54, 1.807) is 19.4 Å². The molecule has 0 saturated heterocycles. The molecule has 0 spiro atoms. The Balaban J connectivity index is 1.66. The van der Waals surface area contributed by atoms with Gasteiger partial charge in [-0.1, -0.05) is 24.3 Å². The molecule has 0 fully saturated rings. The number of amides is 1. The number of para-hydroxylation sites is 2. The Kier molecular flexibility index (Phi) is 6.41. The maximum Gasteiger partial charge on any atom is 0.270 e. The highest BCUT2D eigenvalue weighted by molar-refractivity contribution is 5.92. The molecule has 0 unspecified atom stereocenters. The van der Waals surface area contributed by atoms with Gasteiger partial charge in [-0.15, -0.1) is 0 Å².